The van der Waals surface area contributed by atoms with Gasteiger partial charge in [-0.1, -0.05) is 37.3 Å². The first-order chi connectivity index (χ1) is 16.6. The lowest BCUT2D eigenvalue weighted by atomic mass is 10.1. The van der Waals surface area contributed by atoms with Crippen LogP contribution in [0.25, 0.3) is 0 Å². The van der Waals surface area contributed by atoms with Gasteiger partial charge in [0, 0.05) is 25.6 Å². The molecule has 2 aromatic carbocycles. The van der Waals surface area contributed by atoms with Gasteiger partial charge in [0.25, 0.3) is 0 Å². The number of rotatable bonds is 13. The third-order valence-electron chi connectivity index (χ3n) is 5.53. The second-order valence-corrected chi connectivity index (χ2v) is 10.6. The molecule has 2 rings (SSSR count). The van der Waals surface area contributed by atoms with E-state index in [0.717, 1.165) is 11.8 Å². The number of ether oxygens (including phenoxy) is 1. The van der Waals surface area contributed by atoms with Gasteiger partial charge in [-0.15, -0.1) is 0 Å². The largest absolute Gasteiger partial charge is 0.497 e. The molecular formula is C26H37N3O5S. The molecule has 1 N–H and O–H groups in total. The van der Waals surface area contributed by atoms with E-state index >= 15 is 0 Å². The van der Waals surface area contributed by atoms with Gasteiger partial charge in [0.05, 0.1) is 19.1 Å². The third-order valence-corrected chi connectivity index (χ3v) is 6.72. The van der Waals surface area contributed by atoms with Crippen LogP contribution in [-0.4, -0.2) is 57.1 Å². The number of anilines is 1. The van der Waals surface area contributed by atoms with Crippen LogP contribution < -0.4 is 14.4 Å². The third kappa shape index (κ3) is 8.58. The van der Waals surface area contributed by atoms with Crippen LogP contribution in [0.3, 0.4) is 0 Å². The van der Waals surface area contributed by atoms with Crippen LogP contribution in [0.4, 0.5) is 5.69 Å². The van der Waals surface area contributed by atoms with Gasteiger partial charge in [0.15, 0.2) is 0 Å². The Labute approximate surface area is 209 Å². The maximum absolute atomic E-state index is 13.4. The number of carbonyl (C=O) groups is 2. The lowest BCUT2D eigenvalue weighted by Gasteiger charge is -2.31. The molecule has 0 saturated carbocycles. The quantitative estimate of drug-likeness (QED) is 0.451. The molecule has 2 amide bonds. The fourth-order valence-corrected chi connectivity index (χ4v) is 4.79. The van der Waals surface area contributed by atoms with Crippen molar-refractivity contribution in [3.05, 3.63) is 60.2 Å². The minimum Gasteiger partial charge on any atom is -0.497 e. The van der Waals surface area contributed by atoms with Gasteiger partial charge in [-0.2, -0.15) is 0 Å². The van der Waals surface area contributed by atoms with Crippen LogP contribution in [0.15, 0.2) is 54.6 Å². The highest BCUT2D eigenvalue weighted by Gasteiger charge is 2.29. The second kappa shape index (κ2) is 13.1. The number of benzene rings is 2. The van der Waals surface area contributed by atoms with Crippen LogP contribution in [0.2, 0.25) is 0 Å². The van der Waals surface area contributed by atoms with E-state index in [4.69, 9.17) is 4.74 Å². The van der Waals surface area contributed by atoms with E-state index in [9.17, 15) is 18.0 Å². The molecule has 9 heteroatoms. The predicted octanol–water partition coefficient (Wildman–Crippen LogP) is 3.57. The summed E-state index contributed by atoms with van der Waals surface area (Å²) >= 11 is 0. The number of nitrogens with one attached hydrogen (secondary N) is 1. The molecule has 0 aromatic heterocycles. The summed E-state index contributed by atoms with van der Waals surface area (Å²) in [7, 11) is -1.92. The number of carbonyl (C=O) groups excluding carboxylic acids is 2. The second-order valence-electron chi connectivity index (χ2n) is 8.73. The topological polar surface area (TPSA) is 96.0 Å². The zero-order valence-electron chi connectivity index (χ0n) is 21.2. The maximum Gasteiger partial charge on any atom is 0.243 e. The van der Waals surface area contributed by atoms with Crippen molar-refractivity contribution in [2.24, 2.45) is 0 Å². The van der Waals surface area contributed by atoms with Crippen molar-refractivity contribution in [1.29, 1.82) is 0 Å². The normalized spacial score (nSPS) is 12.2. The van der Waals surface area contributed by atoms with E-state index < -0.39 is 16.1 Å². The van der Waals surface area contributed by atoms with Gasteiger partial charge in [-0.05, 0) is 56.5 Å². The summed E-state index contributed by atoms with van der Waals surface area (Å²) in [6.45, 7) is 6.06. The Morgan fingerprint density at radius 2 is 1.66 bits per heavy atom. The fraction of sp³-hybridized carbons (Fsp3) is 0.462. The average Bonchev–Trinajstić information content (AvgIpc) is 2.81. The number of hydrogen-bond acceptors (Lipinski definition) is 5. The Kier molecular flexibility index (Phi) is 10.6. The maximum atomic E-state index is 13.4. The Balaban J connectivity index is 2.20. The highest BCUT2D eigenvalue weighted by atomic mass is 32.2. The van der Waals surface area contributed by atoms with E-state index in [1.807, 2.05) is 51.1 Å². The van der Waals surface area contributed by atoms with Gasteiger partial charge in [0.2, 0.25) is 21.8 Å². The van der Waals surface area contributed by atoms with E-state index in [-0.39, 0.29) is 37.4 Å². The van der Waals surface area contributed by atoms with Crippen molar-refractivity contribution in [2.75, 3.05) is 24.2 Å². The molecular weight excluding hydrogens is 466 g/mol. The van der Waals surface area contributed by atoms with Gasteiger partial charge >= 0.3 is 0 Å². The number of para-hydroxylation sites is 1. The van der Waals surface area contributed by atoms with Gasteiger partial charge in [0.1, 0.15) is 11.8 Å². The predicted molar refractivity (Wildman–Crippen MR) is 139 cm³/mol. The molecule has 0 heterocycles. The molecule has 8 nitrogen and oxygen atoms in total. The number of methoxy groups -OCH3 is 1. The minimum atomic E-state index is -3.51. The lowest BCUT2D eigenvalue weighted by molar-refractivity contribution is -0.141. The summed E-state index contributed by atoms with van der Waals surface area (Å²) in [5.41, 5.74) is 1.43. The molecule has 0 aliphatic heterocycles. The van der Waals surface area contributed by atoms with Crippen molar-refractivity contribution < 1.29 is 22.7 Å². The van der Waals surface area contributed by atoms with Crippen LogP contribution in [0.1, 0.15) is 45.6 Å². The molecule has 0 spiro atoms. The van der Waals surface area contributed by atoms with E-state index in [2.05, 4.69) is 5.32 Å². The van der Waals surface area contributed by atoms with E-state index in [0.29, 0.717) is 24.3 Å². The number of amides is 2. The number of hydrogen-bond donors (Lipinski definition) is 1. The highest BCUT2D eigenvalue weighted by molar-refractivity contribution is 7.92. The smallest absolute Gasteiger partial charge is 0.243 e. The van der Waals surface area contributed by atoms with Crippen molar-refractivity contribution in [3.63, 3.8) is 0 Å². The van der Waals surface area contributed by atoms with Crippen LogP contribution >= 0.6 is 0 Å². The Morgan fingerprint density at radius 1 is 1.03 bits per heavy atom. The molecule has 0 aliphatic carbocycles. The molecule has 2 aromatic rings. The zero-order valence-corrected chi connectivity index (χ0v) is 22.0. The Bertz CT molecular complexity index is 1060. The van der Waals surface area contributed by atoms with Crippen molar-refractivity contribution >= 4 is 27.5 Å². The van der Waals surface area contributed by atoms with Crippen LogP contribution in [0.5, 0.6) is 5.75 Å². The summed E-state index contributed by atoms with van der Waals surface area (Å²) in [5.74, 6) is 0.303. The number of sulfonamides is 1. The first kappa shape index (κ1) is 28.2. The van der Waals surface area contributed by atoms with E-state index in [1.165, 1.54) is 4.31 Å². The minimum absolute atomic E-state index is 0.0521. The van der Waals surface area contributed by atoms with E-state index in [1.54, 1.807) is 36.3 Å². The van der Waals surface area contributed by atoms with Gasteiger partial charge < -0.3 is 15.0 Å². The lowest BCUT2D eigenvalue weighted by Crippen LogP contribution is -2.50. The molecule has 0 fully saturated rings. The molecule has 0 saturated heterocycles. The van der Waals surface area contributed by atoms with Crippen molar-refractivity contribution in [3.8, 4) is 5.75 Å². The summed E-state index contributed by atoms with van der Waals surface area (Å²) in [6.07, 6.45) is 2.05. The summed E-state index contributed by atoms with van der Waals surface area (Å²) in [5, 5.41) is 2.91. The summed E-state index contributed by atoms with van der Waals surface area (Å²) < 4.78 is 31.2. The van der Waals surface area contributed by atoms with Gasteiger partial charge in [-0.25, -0.2) is 8.42 Å². The summed E-state index contributed by atoms with van der Waals surface area (Å²) in [4.78, 5) is 27.9. The first-order valence-electron chi connectivity index (χ1n) is 11.8. The first-order valence-corrected chi connectivity index (χ1v) is 13.7. The number of nitrogens with zero attached hydrogens (tertiary/aromatic N) is 2. The molecule has 0 radical (unpaired) electrons. The standard InChI is InChI=1S/C26H37N3O5S/c1-6-24(26(31)27-20(2)3)28(19-21-14-16-23(34-4)17-15-21)25(30)13-10-18-29(35(5,32)33)22-11-8-7-9-12-22/h7-9,11-12,14-17,20,24H,6,10,13,18-19H2,1-5H3,(H,27,31)/t24-/m1/s1. The molecule has 0 bridgehead atoms. The molecule has 192 valence electrons. The van der Waals surface area contributed by atoms with Gasteiger partial charge in [-0.3, -0.25) is 13.9 Å². The zero-order chi connectivity index (χ0) is 26.0. The molecule has 0 unspecified atom stereocenters. The van der Waals surface area contributed by atoms with Crippen LogP contribution in [0, 0.1) is 0 Å². The molecule has 0 aliphatic rings. The fourth-order valence-electron chi connectivity index (χ4n) is 3.83. The van der Waals surface area contributed by atoms with Crippen molar-refractivity contribution in [2.45, 2.75) is 58.7 Å². The average molecular weight is 504 g/mol. The summed E-state index contributed by atoms with van der Waals surface area (Å²) in [6, 6.07) is 15.5. The molecule has 1 atom stereocenters. The van der Waals surface area contributed by atoms with Crippen LogP contribution in [-0.2, 0) is 26.2 Å². The SMILES string of the molecule is CC[C@H](C(=O)NC(C)C)N(Cc1ccc(OC)cc1)C(=O)CCCN(c1ccccc1)S(C)(=O)=O. The monoisotopic (exact) mass is 503 g/mol. The Morgan fingerprint density at radius 3 is 2.17 bits per heavy atom. The Hall–Kier alpha value is -3.07. The molecule has 35 heavy (non-hydrogen) atoms. The van der Waals surface area contributed by atoms with Crippen molar-refractivity contribution in [1.82, 2.24) is 10.2 Å². The highest BCUT2D eigenvalue weighted by Crippen LogP contribution is 2.20.